The van der Waals surface area contributed by atoms with Crippen molar-refractivity contribution in [1.82, 2.24) is 10.0 Å². The van der Waals surface area contributed by atoms with E-state index >= 15 is 0 Å². The highest BCUT2D eigenvalue weighted by atomic mass is 35.5. The van der Waals surface area contributed by atoms with Crippen molar-refractivity contribution in [2.75, 3.05) is 33.4 Å². The van der Waals surface area contributed by atoms with Crippen LogP contribution >= 0.6 is 24.0 Å². The van der Waals surface area contributed by atoms with Crippen LogP contribution in [0.1, 0.15) is 0 Å². The molecule has 0 saturated heterocycles. The first-order valence-electron chi connectivity index (χ1n) is 5.62. The van der Waals surface area contributed by atoms with Crippen LogP contribution in [-0.4, -0.2) is 41.8 Å². The van der Waals surface area contributed by atoms with Crippen LogP contribution in [0.4, 0.5) is 4.39 Å². The average molecular weight is 347 g/mol. The van der Waals surface area contributed by atoms with Gasteiger partial charge in [-0.25, -0.2) is 17.5 Å². The quantitative estimate of drug-likeness (QED) is 0.698. The van der Waals surface area contributed by atoms with Gasteiger partial charge in [-0.05, 0) is 18.2 Å². The van der Waals surface area contributed by atoms with Gasteiger partial charge < -0.3 is 10.1 Å². The molecule has 116 valence electrons. The molecule has 0 aliphatic heterocycles. The molecule has 0 saturated carbocycles. The highest BCUT2D eigenvalue weighted by Gasteiger charge is 2.18. The molecule has 0 aromatic heterocycles. The molecule has 0 radical (unpaired) electrons. The molecule has 0 bridgehead atoms. The van der Waals surface area contributed by atoms with E-state index < -0.39 is 20.7 Å². The molecule has 0 aliphatic carbocycles. The molecule has 0 spiro atoms. The summed E-state index contributed by atoms with van der Waals surface area (Å²) in [5.41, 5.74) is 0. The third-order valence-electron chi connectivity index (χ3n) is 2.26. The van der Waals surface area contributed by atoms with Crippen LogP contribution in [0, 0.1) is 5.82 Å². The Labute approximate surface area is 129 Å². The summed E-state index contributed by atoms with van der Waals surface area (Å²) in [5, 5.41) is 3.13. The maximum Gasteiger partial charge on any atom is 0.243 e. The summed E-state index contributed by atoms with van der Waals surface area (Å²) in [6.07, 6.45) is 0. The van der Waals surface area contributed by atoms with Crippen LogP contribution in [0.2, 0.25) is 5.02 Å². The van der Waals surface area contributed by atoms with Gasteiger partial charge in [-0.15, -0.1) is 12.4 Å². The molecular weight excluding hydrogens is 330 g/mol. The minimum atomic E-state index is -3.89. The molecule has 0 heterocycles. The maximum absolute atomic E-state index is 13.4. The average Bonchev–Trinajstić information content (AvgIpc) is 2.36. The second-order valence-electron chi connectivity index (χ2n) is 3.72. The summed E-state index contributed by atoms with van der Waals surface area (Å²) in [5.74, 6) is -0.829. The van der Waals surface area contributed by atoms with Gasteiger partial charge in [0, 0.05) is 31.8 Å². The molecule has 1 aromatic carbocycles. The minimum Gasteiger partial charge on any atom is -0.383 e. The number of hydrogen-bond donors (Lipinski definition) is 2. The van der Waals surface area contributed by atoms with Crippen molar-refractivity contribution < 1.29 is 17.5 Å². The predicted octanol–water partition coefficient (Wildman–Crippen LogP) is 1.42. The molecule has 20 heavy (non-hydrogen) atoms. The first-order chi connectivity index (χ1) is 8.97. The van der Waals surface area contributed by atoms with Gasteiger partial charge in [-0.3, -0.25) is 0 Å². The van der Waals surface area contributed by atoms with Crippen LogP contribution in [0.5, 0.6) is 0 Å². The van der Waals surface area contributed by atoms with Crippen LogP contribution in [0.15, 0.2) is 23.1 Å². The fourth-order valence-corrected chi connectivity index (χ4v) is 2.70. The van der Waals surface area contributed by atoms with Gasteiger partial charge in [0.2, 0.25) is 10.0 Å². The topological polar surface area (TPSA) is 67.4 Å². The second kappa shape index (κ2) is 9.49. The molecule has 0 atom stereocenters. The van der Waals surface area contributed by atoms with E-state index in [0.29, 0.717) is 19.7 Å². The van der Waals surface area contributed by atoms with Crippen LogP contribution in [0.3, 0.4) is 0 Å². The lowest BCUT2D eigenvalue weighted by molar-refractivity contribution is 0.199. The van der Waals surface area contributed by atoms with E-state index in [-0.39, 0.29) is 24.0 Å². The predicted molar refractivity (Wildman–Crippen MR) is 78.6 cm³/mol. The first kappa shape index (κ1) is 19.6. The van der Waals surface area contributed by atoms with E-state index in [1.54, 1.807) is 7.11 Å². The normalized spacial score (nSPS) is 11.2. The van der Waals surface area contributed by atoms with Crippen LogP contribution in [-0.2, 0) is 14.8 Å². The molecule has 0 amide bonds. The number of ether oxygens (including phenoxy) is 1. The molecule has 0 fully saturated rings. The highest BCUT2D eigenvalue weighted by Crippen LogP contribution is 2.19. The smallest absolute Gasteiger partial charge is 0.243 e. The lowest BCUT2D eigenvalue weighted by atomic mass is 10.3. The van der Waals surface area contributed by atoms with Crippen molar-refractivity contribution in [3.63, 3.8) is 0 Å². The Hall–Kier alpha value is -0.440. The molecule has 9 heteroatoms. The van der Waals surface area contributed by atoms with Gasteiger partial charge >= 0.3 is 0 Å². The number of benzene rings is 1. The fraction of sp³-hybridized carbons (Fsp3) is 0.455. The number of sulfonamides is 1. The third kappa shape index (κ3) is 6.34. The van der Waals surface area contributed by atoms with Crippen molar-refractivity contribution in [1.29, 1.82) is 0 Å². The van der Waals surface area contributed by atoms with E-state index in [1.807, 2.05) is 0 Å². The number of hydrogen-bond acceptors (Lipinski definition) is 4. The Morgan fingerprint density at radius 3 is 2.65 bits per heavy atom. The molecule has 2 N–H and O–H groups in total. The van der Waals surface area contributed by atoms with E-state index in [1.165, 1.54) is 6.07 Å². The van der Waals surface area contributed by atoms with E-state index in [0.717, 1.165) is 12.1 Å². The lowest BCUT2D eigenvalue weighted by Gasteiger charge is -2.08. The largest absolute Gasteiger partial charge is 0.383 e. The van der Waals surface area contributed by atoms with Crippen molar-refractivity contribution in [3.8, 4) is 0 Å². The Bertz CT molecular complexity index is 514. The van der Waals surface area contributed by atoms with E-state index in [9.17, 15) is 12.8 Å². The van der Waals surface area contributed by atoms with Crippen molar-refractivity contribution in [2.45, 2.75) is 4.90 Å². The second-order valence-corrected chi connectivity index (χ2v) is 5.89. The summed E-state index contributed by atoms with van der Waals surface area (Å²) in [6, 6.07) is 3.40. The maximum atomic E-state index is 13.4. The summed E-state index contributed by atoms with van der Waals surface area (Å²) in [7, 11) is -2.31. The summed E-state index contributed by atoms with van der Waals surface area (Å²) >= 11 is 5.66. The minimum absolute atomic E-state index is 0. The number of nitrogens with one attached hydrogen (secondary N) is 2. The molecule has 0 unspecified atom stereocenters. The van der Waals surface area contributed by atoms with Gasteiger partial charge in [-0.1, -0.05) is 11.6 Å². The molecule has 1 rings (SSSR count). The standard InChI is InChI=1S/C11H16ClFN2O3S.ClH/c1-18-7-6-14-4-5-15-19(16,17)11-8-9(12)2-3-10(11)13;/h2-3,8,14-15H,4-7H2,1H3;1H. The van der Waals surface area contributed by atoms with Crippen molar-refractivity contribution >= 4 is 34.0 Å². The molecule has 5 nitrogen and oxygen atoms in total. The van der Waals surface area contributed by atoms with Gasteiger partial charge in [0.05, 0.1) is 6.61 Å². The summed E-state index contributed by atoms with van der Waals surface area (Å²) in [4.78, 5) is -0.447. The fourth-order valence-electron chi connectivity index (χ4n) is 1.33. The zero-order chi connectivity index (χ0) is 14.3. The Morgan fingerprint density at radius 1 is 1.30 bits per heavy atom. The zero-order valence-electron chi connectivity index (χ0n) is 10.9. The monoisotopic (exact) mass is 346 g/mol. The lowest BCUT2D eigenvalue weighted by Crippen LogP contribution is -2.33. The zero-order valence-corrected chi connectivity index (χ0v) is 13.2. The summed E-state index contributed by atoms with van der Waals surface area (Å²) < 4.78 is 44.2. The number of methoxy groups -OCH3 is 1. The van der Waals surface area contributed by atoms with E-state index in [4.69, 9.17) is 16.3 Å². The first-order valence-corrected chi connectivity index (χ1v) is 7.48. The van der Waals surface area contributed by atoms with Crippen LogP contribution in [0.25, 0.3) is 0 Å². The molecule has 0 aliphatic rings. The molecular formula is C11H17Cl2FN2O3S. The van der Waals surface area contributed by atoms with Crippen molar-refractivity contribution in [3.05, 3.63) is 29.0 Å². The van der Waals surface area contributed by atoms with Crippen LogP contribution < -0.4 is 10.0 Å². The van der Waals surface area contributed by atoms with E-state index in [2.05, 4.69) is 10.0 Å². The SMILES string of the molecule is COCCNCCNS(=O)(=O)c1cc(Cl)ccc1F.Cl. The Balaban J connectivity index is 0.00000361. The number of rotatable bonds is 8. The van der Waals surface area contributed by atoms with Gasteiger partial charge in [0.15, 0.2) is 0 Å². The Morgan fingerprint density at radius 2 is 2.00 bits per heavy atom. The van der Waals surface area contributed by atoms with Crippen molar-refractivity contribution in [2.24, 2.45) is 0 Å². The molecule has 1 aromatic rings. The van der Waals surface area contributed by atoms with Gasteiger partial charge in [0.25, 0.3) is 0 Å². The highest BCUT2D eigenvalue weighted by molar-refractivity contribution is 7.89. The number of halogens is 3. The third-order valence-corrected chi connectivity index (χ3v) is 3.97. The van der Waals surface area contributed by atoms with Gasteiger partial charge in [0.1, 0.15) is 10.7 Å². The summed E-state index contributed by atoms with van der Waals surface area (Å²) in [6.45, 7) is 1.72. The van der Waals surface area contributed by atoms with Gasteiger partial charge in [-0.2, -0.15) is 0 Å². The Kier molecular flexibility index (Phi) is 9.28.